The van der Waals surface area contributed by atoms with Crippen molar-refractivity contribution in [3.05, 3.63) is 106 Å². The number of benzene rings is 3. The molecule has 0 radical (unpaired) electrons. The topological polar surface area (TPSA) is 75.7 Å². The number of imide groups is 1. The van der Waals surface area contributed by atoms with E-state index >= 15 is 0 Å². The van der Waals surface area contributed by atoms with E-state index < -0.39 is 17.8 Å². The number of aryl methyl sites for hydroxylation is 2. The van der Waals surface area contributed by atoms with Crippen molar-refractivity contribution in [1.82, 2.24) is 4.90 Å². The molecule has 0 aromatic heterocycles. The highest BCUT2D eigenvalue weighted by Crippen LogP contribution is 2.27. The summed E-state index contributed by atoms with van der Waals surface area (Å²) < 4.78 is 5.46. The molecule has 6 nitrogen and oxygen atoms in total. The molecular weight excluding hydrogens is 440 g/mol. The molecule has 1 heterocycles. The van der Waals surface area contributed by atoms with E-state index in [4.69, 9.17) is 16.3 Å². The number of hydrogen-bond acceptors (Lipinski definition) is 5. The summed E-state index contributed by atoms with van der Waals surface area (Å²) in [4.78, 5) is 38.9. The van der Waals surface area contributed by atoms with Crippen molar-refractivity contribution < 1.29 is 19.1 Å². The van der Waals surface area contributed by atoms with E-state index in [1.165, 1.54) is 0 Å². The van der Waals surface area contributed by atoms with Gasteiger partial charge in [-0.15, -0.1) is 0 Å². The van der Waals surface area contributed by atoms with Crippen LogP contribution >= 0.6 is 11.6 Å². The molecule has 0 fully saturated rings. The zero-order valence-corrected chi connectivity index (χ0v) is 18.8. The minimum Gasteiger partial charge on any atom is -0.423 e. The Hall–Kier alpha value is -3.90. The maximum Gasteiger partial charge on any atom is 0.343 e. The average molecular weight is 461 g/mol. The molecule has 33 heavy (non-hydrogen) atoms. The predicted molar refractivity (Wildman–Crippen MR) is 126 cm³/mol. The molecule has 166 valence electrons. The van der Waals surface area contributed by atoms with Gasteiger partial charge in [0.15, 0.2) is 0 Å². The molecule has 7 heteroatoms. The Morgan fingerprint density at radius 3 is 2.18 bits per heavy atom. The molecule has 3 aromatic carbocycles. The Balaban J connectivity index is 1.44. The fourth-order valence-electron chi connectivity index (χ4n) is 3.56. The van der Waals surface area contributed by atoms with Gasteiger partial charge in [0.1, 0.15) is 16.5 Å². The normalized spacial score (nSPS) is 13.5. The molecule has 2 amide bonds. The van der Waals surface area contributed by atoms with Crippen LogP contribution in [0.5, 0.6) is 5.75 Å². The van der Waals surface area contributed by atoms with Crippen LogP contribution in [0.1, 0.15) is 27.0 Å². The molecule has 3 aromatic rings. The summed E-state index contributed by atoms with van der Waals surface area (Å²) in [6.45, 7) is 3.99. The number of amides is 2. The lowest BCUT2D eigenvalue weighted by Crippen LogP contribution is -2.31. The van der Waals surface area contributed by atoms with Gasteiger partial charge in [-0.05, 0) is 66.9 Å². The lowest BCUT2D eigenvalue weighted by Gasteiger charge is -2.15. The maximum atomic E-state index is 12.8. The monoisotopic (exact) mass is 460 g/mol. The van der Waals surface area contributed by atoms with Gasteiger partial charge in [0.2, 0.25) is 0 Å². The Morgan fingerprint density at radius 2 is 1.55 bits per heavy atom. The molecule has 0 saturated heterocycles. The van der Waals surface area contributed by atoms with E-state index in [9.17, 15) is 14.4 Å². The average Bonchev–Trinajstić information content (AvgIpc) is 2.98. The van der Waals surface area contributed by atoms with Gasteiger partial charge < -0.3 is 10.1 Å². The second kappa shape index (κ2) is 9.30. The second-order valence-electron chi connectivity index (χ2n) is 7.79. The van der Waals surface area contributed by atoms with Crippen LogP contribution in [0.15, 0.2) is 83.5 Å². The van der Waals surface area contributed by atoms with E-state index in [1.54, 1.807) is 36.4 Å². The number of rotatable bonds is 6. The van der Waals surface area contributed by atoms with Crippen LogP contribution in [0.25, 0.3) is 0 Å². The van der Waals surface area contributed by atoms with Gasteiger partial charge >= 0.3 is 5.97 Å². The molecule has 4 rings (SSSR count). The van der Waals surface area contributed by atoms with Crippen molar-refractivity contribution in [2.24, 2.45) is 0 Å². The highest BCUT2D eigenvalue weighted by molar-refractivity contribution is 6.48. The highest BCUT2D eigenvalue weighted by atomic mass is 35.5. The standard InChI is InChI=1S/C26H21ClN2O4/c1-16-12-17(2)14-21(13-16)33-26(32)19-8-10-20(11-9-19)28-23-22(27)24(30)29(25(23)31)15-18-6-4-3-5-7-18/h3-14,28H,15H2,1-2H3. The molecule has 0 atom stereocenters. The molecule has 0 spiro atoms. The minimum atomic E-state index is -0.554. The fourth-order valence-corrected chi connectivity index (χ4v) is 3.79. The van der Waals surface area contributed by atoms with Gasteiger partial charge in [-0.1, -0.05) is 48.0 Å². The van der Waals surface area contributed by atoms with E-state index in [0.717, 1.165) is 21.6 Å². The number of anilines is 1. The molecule has 1 aliphatic heterocycles. The maximum absolute atomic E-state index is 12.8. The summed E-state index contributed by atoms with van der Waals surface area (Å²) >= 11 is 6.16. The first-order chi connectivity index (χ1) is 15.8. The first-order valence-corrected chi connectivity index (χ1v) is 10.7. The van der Waals surface area contributed by atoms with Crippen LogP contribution in [-0.4, -0.2) is 22.7 Å². The minimum absolute atomic E-state index is 0.00293. The summed E-state index contributed by atoms with van der Waals surface area (Å²) in [5.74, 6) is -1.08. The van der Waals surface area contributed by atoms with E-state index in [2.05, 4.69) is 5.32 Å². The van der Waals surface area contributed by atoms with Gasteiger partial charge in [-0.3, -0.25) is 14.5 Å². The van der Waals surface area contributed by atoms with Crippen LogP contribution in [0, 0.1) is 13.8 Å². The smallest absolute Gasteiger partial charge is 0.343 e. The van der Waals surface area contributed by atoms with E-state index in [-0.39, 0.29) is 17.3 Å². The predicted octanol–water partition coefficient (Wildman–Crippen LogP) is 4.95. The molecule has 0 unspecified atom stereocenters. The third kappa shape index (κ3) is 4.96. The zero-order valence-electron chi connectivity index (χ0n) is 18.1. The molecule has 0 saturated carbocycles. The summed E-state index contributed by atoms with van der Waals surface area (Å²) in [5, 5.41) is 2.73. The van der Waals surface area contributed by atoms with E-state index in [1.807, 2.05) is 50.2 Å². The summed E-state index contributed by atoms with van der Waals surface area (Å²) in [6, 6.07) is 21.1. The highest BCUT2D eigenvalue weighted by Gasteiger charge is 2.37. The lowest BCUT2D eigenvalue weighted by molar-refractivity contribution is -0.138. The van der Waals surface area contributed by atoms with Gasteiger partial charge in [0, 0.05) is 5.69 Å². The Bertz CT molecular complexity index is 1250. The fraction of sp³-hybridized carbons (Fsp3) is 0.115. The number of hydrogen-bond donors (Lipinski definition) is 1. The van der Waals surface area contributed by atoms with Gasteiger partial charge in [-0.2, -0.15) is 0 Å². The SMILES string of the molecule is Cc1cc(C)cc(OC(=O)c2ccc(NC3=C(Cl)C(=O)N(Cc4ccccc4)C3=O)cc2)c1. The van der Waals surface area contributed by atoms with E-state index in [0.29, 0.717) is 17.0 Å². The quantitative estimate of drug-likeness (QED) is 0.320. The third-order valence-corrected chi connectivity index (χ3v) is 5.44. The van der Waals surface area contributed by atoms with Crippen LogP contribution < -0.4 is 10.1 Å². The van der Waals surface area contributed by atoms with Crippen molar-refractivity contribution in [3.63, 3.8) is 0 Å². The zero-order chi connectivity index (χ0) is 23.5. The van der Waals surface area contributed by atoms with Crippen molar-refractivity contribution in [3.8, 4) is 5.75 Å². The van der Waals surface area contributed by atoms with Gasteiger partial charge in [-0.25, -0.2) is 4.79 Å². The van der Waals surface area contributed by atoms with Crippen molar-refractivity contribution in [1.29, 1.82) is 0 Å². The number of nitrogens with one attached hydrogen (secondary N) is 1. The third-order valence-electron chi connectivity index (χ3n) is 5.09. The molecular formula is C26H21ClN2O4. The van der Waals surface area contributed by atoms with Gasteiger partial charge in [0.25, 0.3) is 11.8 Å². The molecule has 0 aliphatic carbocycles. The van der Waals surface area contributed by atoms with Crippen LogP contribution in [0.3, 0.4) is 0 Å². The van der Waals surface area contributed by atoms with Crippen LogP contribution in [0.2, 0.25) is 0 Å². The second-order valence-corrected chi connectivity index (χ2v) is 8.16. The van der Waals surface area contributed by atoms with Crippen molar-refractivity contribution in [2.45, 2.75) is 20.4 Å². The van der Waals surface area contributed by atoms with Crippen molar-refractivity contribution in [2.75, 3.05) is 5.32 Å². The number of nitrogens with zero attached hydrogens (tertiary/aromatic N) is 1. The summed E-state index contributed by atoms with van der Waals surface area (Å²) in [5.41, 5.74) is 3.67. The number of halogens is 1. The first kappa shape index (κ1) is 22.3. The number of ether oxygens (including phenoxy) is 1. The number of esters is 1. The van der Waals surface area contributed by atoms with Gasteiger partial charge in [0.05, 0.1) is 12.1 Å². The lowest BCUT2D eigenvalue weighted by atomic mass is 10.1. The number of carbonyl (C=O) groups is 3. The van der Waals surface area contributed by atoms with Crippen molar-refractivity contribution >= 4 is 35.1 Å². The number of carbonyl (C=O) groups excluding carboxylic acids is 3. The molecule has 0 bridgehead atoms. The van der Waals surface area contributed by atoms with Crippen LogP contribution in [0.4, 0.5) is 5.69 Å². The molecule has 1 aliphatic rings. The molecule has 1 N–H and O–H groups in total. The van der Waals surface area contributed by atoms with Crippen LogP contribution in [-0.2, 0) is 16.1 Å². The Morgan fingerprint density at radius 1 is 0.909 bits per heavy atom. The Kier molecular flexibility index (Phi) is 6.29. The Labute approximate surface area is 196 Å². The summed E-state index contributed by atoms with van der Waals surface area (Å²) in [7, 11) is 0. The first-order valence-electron chi connectivity index (χ1n) is 10.3. The summed E-state index contributed by atoms with van der Waals surface area (Å²) in [6.07, 6.45) is 0. The largest absolute Gasteiger partial charge is 0.423 e.